The first-order valence-corrected chi connectivity index (χ1v) is 13.4. The summed E-state index contributed by atoms with van der Waals surface area (Å²) in [5, 5.41) is 7.11. The third kappa shape index (κ3) is 7.26. The molecule has 0 aliphatic carbocycles. The predicted octanol–water partition coefficient (Wildman–Crippen LogP) is 7.48. The summed E-state index contributed by atoms with van der Waals surface area (Å²) in [6.45, 7) is 2.80. The van der Waals surface area contributed by atoms with Crippen molar-refractivity contribution in [2.24, 2.45) is 5.10 Å². The van der Waals surface area contributed by atoms with E-state index in [2.05, 4.69) is 56.8 Å². The molecular weight excluding hydrogens is 560 g/mol. The van der Waals surface area contributed by atoms with Crippen molar-refractivity contribution in [3.8, 4) is 11.5 Å². The third-order valence-corrected chi connectivity index (χ3v) is 6.97. The number of hydrogen-bond acceptors (Lipinski definition) is 5. The molecule has 1 amide bonds. The molecule has 0 aliphatic rings. The van der Waals surface area contributed by atoms with Crippen LogP contribution in [0.3, 0.4) is 0 Å². The Morgan fingerprint density at radius 1 is 1.03 bits per heavy atom. The Hall–Kier alpha value is -3.00. The van der Waals surface area contributed by atoms with Gasteiger partial charge in [-0.3, -0.25) is 4.79 Å². The lowest BCUT2D eigenvalue weighted by Crippen LogP contribution is -2.19. The van der Waals surface area contributed by atoms with E-state index >= 15 is 0 Å². The Labute approximate surface area is 228 Å². The van der Waals surface area contributed by atoms with Crippen LogP contribution in [0.15, 0.2) is 93.3 Å². The Morgan fingerprint density at radius 3 is 2.58 bits per heavy atom. The predicted molar refractivity (Wildman–Crippen MR) is 152 cm³/mol. The standard InChI is InChI=1S/C28H24BrClN2O3S/c1-2-34-26-15-20(16-31-32-27(33)18-36-24-11-9-23(30)10-12-24)14-25(29)28(26)35-17-19-7-8-21-5-3-4-6-22(21)13-19/h3-16H,2,17-18H2,1H3,(H,32,33)/b31-16-. The molecule has 0 radical (unpaired) electrons. The first kappa shape index (κ1) is 26.1. The number of thioether (sulfide) groups is 1. The van der Waals surface area contributed by atoms with Crippen LogP contribution >= 0.6 is 39.3 Å². The van der Waals surface area contributed by atoms with Gasteiger partial charge in [-0.25, -0.2) is 5.43 Å². The molecule has 36 heavy (non-hydrogen) atoms. The largest absolute Gasteiger partial charge is 0.490 e. The number of fused-ring (bicyclic) bond motifs is 1. The number of carbonyl (C=O) groups is 1. The van der Waals surface area contributed by atoms with Crippen LogP contribution in [0, 0.1) is 0 Å². The molecule has 1 N–H and O–H groups in total. The number of nitrogens with one attached hydrogen (secondary N) is 1. The van der Waals surface area contributed by atoms with Gasteiger partial charge in [0.1, 0.15) is 6.61 Å². The molecule has 0 unspecified atom stereocenters. The van der Waals surface area contributed by atoms with Crippen molar-refractivity contribution < 1.29 is 14.3 Å². The number of carbonyl (C=O) groups excluding carboxylic acids is 1. The summed E-state index contributed by atoms with van der Waals surface area (Å²) in [6, 6.07) is 25.6. The second kappa shape index (κ2) is 12.8. The number of amides is 1. The van der Waals surface area contributed by atoms with Gasteiger partial charge in [-0.15, -0.1) is 11.8 Å². The average molecular weight is 584 g/mol. The summed E-state index contributed by atoms with van der Waals surface area (Å²) >= 11 is 10.9. The van der Waals surface area contributed by atoms with Gasteiger partial charge in [0.15, 0.2) is 11.5 Å². The van der Waals surface area contributed by atoms with Crippen molar-refractivity contribution in [3.05, 3.63) is 99.5 Å². The van der Waals surface area contributed by atoms with Crippen LogP contribution in [-0.4, -0.2) is 24.5 Å². The Kier molecular flexibility index (Phi) is 9.28. The highest BCUT2D eigenvalue weighted by Crippen LogP contribution is 2.37. The minimum Gasteiger partial charge on any atom is -0.490 e. The van der Waals surface area contributed by atoms with Crippen molar-refractivity contribution in [2.45, 2.75) is 18.4 Å². The second-order valence-corrected chi connectivity index (χ2v) is 10.1. The van der Waals surface area contributed by atoms with E-state index in [1.54, 1.807) is 18.3 Å². The van der Waals surface area contributed by atoms with Gasteiger partial charge in [0.05, 0.1) is 23.0 Å². The number of hydrogen-bond donors (Lipinski definition) is 1. The first-order chi connectivity index (χ1) is 17.5. The lowest BCUT2D eigenvalue weighted by molar-refractivity contribution is -0.118. The molecular formula is C28H24BrClN2O3S. The van der Waals surface area contributed by atoms with E-state index < -0.39 is 0 Å². The van der Waals surface area contributed by atoms with Gasteiger partial charge in [0.25, 0.3) is 0 Å². The molecule has 0 aromatic heterocycles. The molecule has 4 aromatic carbocycles. The molecule has 0 saturated carbocycles. The Bertz CT molecular complexity index is 1380. The molecule has 0 atom stereocenters. The van der Waals surface area contributed by atoms with Gasteiger partial charge in [0, 0.05) is 9.92 Å². The van der Waals surface area contributed by atoms with E-state index in [-0.39, 0.29) is 11.7 Å². The maximum atomic E-state index is 12.1. The van der Waals surface area contributed by atoms with Gasteiger partial charge >= 0.3 is 0 Å². The number of halogens is 2. The zero-order valence-corrected chi connectivity index (χ0v) is 22.7. The second-order valence-electron chi connectivity index (χ2n) is 7.77. The highest BCUT2D eigenvalue weighted by molar-refractivity contribution is 9.10. The first-order valence-electron chi connectivity index (χ1n) is 11.3. The van der Waals surface area contributed by atoms with Crippen LogP contribution in [0.4, 0.5) is 0 Å². The summed E-state index contributed by atoms with van der Waals surface area (Å²) < 4.78 is 12.7. The van der Waals surface area contributed by atoms with Gasteiger partial charge in [-0.2, -0.15) is 5.10 Å². The SMILES string of the molecule is CCOc1cc(/C=N\NC(=O)CSc2ccc(Cl)cc2)cc(Br)c1OCc1ccc2ccccc2c1. The van der Waals surface area contributed by atoms with E-state index in [1.807, 2.05) is 43.3 Å². The molecule has 0 aliphatic heterocycles. The highest BCUT2D eigenvalue weighted by atomic mass is 79.9. The third-order valence-electron chi connectivity index (χ3n) is 5.12. The highest BCUT2D eigenvalue weighted by Gasteiger charge is 2.13. The monoisotopic (exact) mass is 582 g/mol. The summed E-state index contributed by atoms with van der Waals surface area (Å²) in [5.74, 6) is 1.25. The van der Waals surface area contributed by atoms with E-state index in [4.69, 9.17) is 21.1 Å². The van der Waals surface area contributed by atoms with Crippen LogP contribution in [0.25, 0.3) is 10.8 Å². The van der Waals surface area contributed by atoms with Crippen LogP contribution in [0.5, 0.6) is 11.5 Å². The fourth-order valence-electron chi connectivity index (χ4n) is 3.44. The summed E-state index contributed by atoms with van der Waals surface area (Å²) in [4.78, 5) is 13.1. The molecule has 184 valence electrons. The fraction of sp³-hybridized carbons (Fsp3) is 0.143. The number of benzene rings is 4. The molecule has 0 heterocycles. The van der Waals surface area contributed by atoms with E-state index in [0.29, 0.717) is 29.7 Å². The quantitative estimate of drug-likeness (QED) is 0.119. The molecule has 4 aromatic rings. The van der Waals surface area contributed by atoms with Crippen molar-refractivity contribution in [1.82, 2.24) is 5.43 Å². The fourth-order valence-corrected chi connectivity index (χ4v) is 4.83. The normalized spacial score (nSPS) is 11.1. The summed E-state index contributed by atoms with van der Waals surface area (Å²) in [5.41, 5.74) is 4.38. The van der Waals surface area contributed by atoms with Crippen molar-refractivity contribution in [3.63, 3.8) is 0 Å². The van der Waals surface area contributed by atoms with Crippen molar-refractivity contribution in [2.75, 3.05) is 12.4 Å². The molecule has 5 nitrogen and oxygen atoms in total. The number of rotatable bonds is 10. The van der Waals surface area contributed by atoms with Gasteiger partial charge < -0.3 is 9.47 Å². The van der Waals surface area contributed by atoms with Crippen LogP contribution in [0.2, 0.25) is 5.02 Å². The lowest BCUT2D eigenvalue weighted by Gasteiger charge is -2.15. The zero-order valence-electron chi connectivity index (χ0n) is 19.5. The molecule has 0 saturated heterocycles. The van der Waals surface area contributed by atoms with Gasteiger partial charge in [-0.05, 0) is 87.2 Å². The Balaban J connectivity index is 1.38. The van der Waals surface area contributed by atoms with E-state index in [0.717, 1.165) is 20.5 Å². The van der Waals surface area contributed by atoms with Gasteiger partial charge in [-0.1, -0.05) is 48.0 Å². The minimum atomic E-state index is -0.203. The van der Waals surface area contributed by atoms with Gasteiger partial charge in [0.2, 0.25) is 5.91 Å². The molecule has 0 fully saturated rings. The summed E-state index contributed by atoms with van der Waals surface area (Å²) in [6.07, 6.45) is 1.57. The van der Waals surface area contributed by atoms with Crippen LogP contribution in [0.1, 0.15) is 18.1 Å². The maximum absolute atomic E-state index is 12.1. The number of nitrogens with zero attached hydrogens (tertiary/aromatic N) is 1. The topological polar surface area (TPSA) is 59.9 Å². The van der Waals surface area contributed by atoms with E-state index in [1.165, 1.54) is 22.5 Å². The van der Waals surface area contributed by atoms with Crippen molar-refractivity contribution >= 4 is 62.2 Å². The van der Waals surface area contributed by atoms with Crippen LogP contribution < -0.4 is 14.9 Å². The molecule has 4 rings (SSSR count). The minimum absolute atomic E-state index is 0.203. The van der Waals surface area contributed by atoms with Crippen LogP contribution in [-0.2, 0) is 11.4 Å². The molecule has 0 bridgehead atoms. The molecule has 0 spiro atoms. The lowest BCUT2D eigenvalue weighted by atomic mass is 10.1. The molecule has 8 heteroatoms. The van der Waals surface area contributed by atoms with Crippen molar-refractivity contribution in [1.29, 1.82) is 0 Å². The Morgan fingerprint density at radius 2 is 1.81 bits per heavy atom. The zero-order chi connectivity index (χ0) is 25.3. The smallest absolute Gasteiger partial charge is 0.250 e. The summed E-state index contributed by atoms with van der Waals surface area (Å²) in [7, 11) is 0. The van der Waals surface area contributed by atoms with E-state index in [9.17, 15) is 4.79 Å². The average Bonchev–Trinajstić information content (AvgIpc) is 2.88. The maximum Gasteiger partial charge on any atom is 0.250 e. The number of hydrazone groups is 1. The number of ether oxygens (including phenoxy) is 2.